The minimum atomic E-state index is -3.77. The second-order valence-electron chi connectivity index (χ2n) is 12.3. The van der Waals surface area contributed by atoms with Gasteiger partial charge in [0.2, 0.25) is 15.9 Å². The minimum Gasteiger partial charge on any atom is -0.490 e. The fraction of sp³-hybridized carbons (Fsp3) is 0.444. The van der Waals surface area contributed by atoms with Crippen LogP contribution in [0.3, 0.4) is 0 Å². The zero-order valence-corrected chi connectivity index (χ0v) is 28.5. The lowest BCUT2D eigenvalue weighted by Crippen LogP contribution is -2.48. The first-order valence-electron chi connectivity index (χ1n) is 16.2. The number of carbonyl (C=O) groups excluding carboxylic acids is 2. The number of nitrogens with zero attached hydrogens (tertiary/aromatic N) is 2. The first-order valence-corrected chi connectivity index (χ1v) is 17.6. The van der Waals surface area contributed by atoms with Crippen molar-refractivity contribution in [3.8, 4) is 5.75 Å². The molecule has 254 valence electrons. The maximum absolute atomic E-state index is 14.3. The number of hydrogen-bond acceptors (Lipinski definition) is 7. The second-order valence-corrected chi connectivity index (χ2v) is 14.4. The van der Waals surface area contributed by atoms with Crippen LogP contribution in [0.25, 0.3) is 0 Å². The predicted octanol–water partition coefficient (Wildman–Crippen LogP) is 4.98. The molecule has 2 N–H and O–H groups in total. The highest BCUT2D eigenvalue weighted by molar-refractivity contribution is 7.89. The fourth-order valence-corrected chi connectivity index (χ4v) is 6.78. The lowest BCUT2D eigenvalue weighted by atomic mass is 10.0. The van der Waals surface area contributed by atoms with Gasteiger partial charge in [0.1, 0.15) is 5.75 Å². The normalized spacial score (nSPS) is 20.5. The van der Waals surface area contributed by atoms with E-state index in [1.54, 1.807) is 60.4 Å². The molecule has 0 aliphatic carbocycles. The van der Waals surface area contributed by atoms with E-state index >= 15 is 0 Å². The molecule has 2 amide bonds. The Kier molecular flexibility index (Phi) is 12.9. The van der Waals surface area contributed by atoms with Crippen molar-refractivity contribution in [1.29, 1.82) is 0 Å². The number of rotatable bonds is 9. The van der Waals surface area contributed by atoms with Gasteiger partial charge in [0, 0.05) is 38.3 Å². The van der Waals surface area contributed by atoms with E-state index in [-0.39, 0.29) is 60.4 Å². The van der Waals surface area contributed by atoms with Gasteiger partial charge in [-0.05, 0) is 69.0 Å². The van der Waals surface area contributed by atoms with Crippen LogP contribution >= 0.6 is 0 Å². The molecule has 3 aromatic rings. The number of sulfonamides is 1. The zero-order valence-electron chi connectivity index (χ0n) is 27.7. The lowest BCUT2D eigenvalue weighted by Gasteiger charge is -2.35. The zero-order chi connectivity index (χ0) is 34.0. The third-order valence-electron chi connectivity index (χ3n) is 8.43. The fourth-order valence-electron chi connectivity index (χ4n) is 5.57. The second kappa shape index (κ2) is 16.9. The molecule has 0 saturated heterocycles. The number of likely N-dealkylation sites (N-methyl/N-ethyl adjacent to an activating group) is 1. The maximum Gasteiger partial charge on any atom is 0.258 e. The highest BCUT2D eigenvalue weighted by Crippen LogP contribution is 2.29. The number of ether oxygens (including phenoxy) is 2. The van der Waals surface area contributed by atoms with Gasteiger partial charge in [-0.25, -0.2) is 8.42 Å². The third-order valence-corrected chi connectivity index (χ3v) is 10.3. The van der Waals surface area contributed by atoms with Gasteiger partial charge in [-0.15, -0.1) is 0 Å². The van der Waals surface area contributed by atoms with E-state index in [9.17, 15) is 23.1 Å². The molecule has 10 nitrogen and oxygen atoms in total. The van der Waals surface area contributed by atoms with Crippen molar-refractivity contribution < 1.29 is 32.6 Å². The summed E-state index contributed by atoms with van der Waals surface area (Å²) in [5, 5.41) is 13.1. The highest BCUT2D eigenvalue weighted by atomic mass is 32.2. The van der Waals surface area contributed by atoms with E-state index in [1.807, 2.05) is 44.2 Å². The number of benzene rings is 3. The van der Waals surface area contributed by atoms with Gasteiger partial charge in [-0.3, -0.25) is 9.59 Å². The van der Waals surface area contributed by atoms with Gasteiger partial charge < -0.3 is 24.8 Å². The summed E-state index contributed by atoms with van der Waals surface area (Å²) in [4.78, 5) is 29.0. The summed E-state index contributed by atoms with van der Waals surface area (Å²) in [6, 6.07) is 22.1. The molecular formula is C36H47N3O7S. The first-order chi connectivity index (χ1) is 22.5. The van der Waals surface area contributed by atoms with Crippen molar-refractivity contribution in [2.24, 2.45) is 5.92 Å². The quantitative estimate of drug-likeness (QED) is 0.330. The SMILES string of the molecule is C[C@@H]1CN([C@H](C)CO)C(=O)c2cc(NC(=O)Cc3ccccc3)ccc2O[C@@H](C)CCCCO[C@@H]1CN(C)S(=O)(=O)c1ccccc1. The lowest BCUT2D eigenvalue weighted by molar-refractivity contribution is -0.115. The summed E-state index contributed by atoms with van der Waals surface area (Å²) in [5.41, 5.74) is 1.58. The van der Waals surface area contributed by atoms with Gasteiger partial charge in [0.05, 0.1) is 41.7 Å². The molecule has 0 unspecified atom stereocenters. The number of amides is 2. The summed E-state index contributed by atoms with van der Waals surface area (Å²) < 4.78 is 40.6. The number of hydrogen-bond donors (Lipinski definition) is 2. The monoisotopic (exact) mass is 665 g/mol. The predicted molar refractivity (Wildman–Crippen MR) is 182 cm³/mol. The summed E-state index contributed by atoms with van der Waals surface area (Å²) >= 11 is 0. The summed E-state index contributed by atoms with van der Waals surface area (Å²) in [7, 11) is -2.23. The Hall–Kier alpha value is -3.77. The van der Waals surface area contributed by atoms with E-state index in [0.717, 1.165) is 18.4 Å². The molecule has 0 bridgehead atoms. The average Bonchev–Trinajstić information content (AvgIpc) is 3.06. The van der Waals surface area contributed by atoms with Crippen LogP contribution in [0.1, 0.15) is 56.0 Å². The van der Waals surface area contributed by atoms with Crippen molar-refractivity contribution in [2.45, 2.75) is 69.6 Å². The molecule has 11 heteroatoms. The Bertz CT molecular complexity index is 1570. The standard InChI is InChI=1S/C36H47N3O7S/c1-26-23-39(27(2)25-40)36(42)32-22-30(37-35(41)21-29-14-7-5-8-15-29)18-19-33(32)46-28(3)13-11-12-20-45-34(26)24-38(4)47(43,44)31-16-9-6-10-17-31/h5-10,14-19,22,26-28,34,40H,11-13,20-21,23-25H2,1-4H3,(H,37,41)/t26-,27-,28+,34-/m1/s1. The molecule has 1 aliphatic heterocycles. The van der Waals surface area contributed by atoms with Gasteiger partial charge in [-0.1, -0.05) is 55.5 Å². The van der Waals surface area contributed by atoms with Crippen LogP contribution in [0, 0.1) is 5.92 Å². The van der Waals surface area contributed by atoms with Crippen LogP contribution in [-0.2, 0) is 26.0 Å². The van der Waals surface area contributed by atoms with Crippen molar-refractivity contribution in [3.63, 3.8) is 0 Å². The van der Waals surface area contributed by atoms with Crippen LogP contribution in [0.2, 0.25) is 0 Å². The van der Waals surface area contributed by atoms with E-state index < -0.39 is 22.2 Å². The van der Waals surface area contributed by atoms with Crippen LogP contribution in [0.4, 0.5) is 5.69 Å². The van der Waals surface area contributed by atoms with Gasteiger partial charge in [-0.2, -0.15) is 4.31 Å². The van der Waals surface area contributed by atoms with Crippen LogP contribution in [0.15, 0.2) is 83.8 Å². The molecule has 0 radical (unpaired) electrons. The highest BCUT2D eigenvalue weighted by Gasteiger charge is 2.32. The molecule has 1 heterocycles. The van der Waals surface area contributed by atoms with E-state index in [2.05, 4.69) is 5.32 Å². The summed E-state index contributed by atoms with van der Waals surface area (Å²) in [6.45, 7) is 6.03. The van der Waals surface area contributed by atoms with E-state index in [0.29, 0.717) is 24.5 Å². The number of aliphatic hydroxyl groups excluding tert-OH is 1. The van der Waals surface area contributed by atoms with E-state index in [4.69, 9.17) is 9.47 Å². The van der Waals surface area contributed by atoms with Gasteiger partial charge in [0.25, 0.3) is 5.91 Å². The van der Waals surface area contributed by atoms with Crippen LogP contribution < -0.4 is 10.1 Å². The number of nitrogens with one attached hydrogen (secondary N) is 1. The van der Waals surface area contributed by atoms with Gasteiger partial charge >= 0.3 is 0 Å². The van der Waals surface area contributed by atoms with Gasteiger partial charge in [0.15, 0.2) is 0 Å². The molecule has 47 heavy (non-hydrogen) atoms. The molecular weight excluding hydrogens is 618 g/mol. The summed E-state index contributed by atoms with van der Waals surface area (Å²) in [6.07, 6.45) is 1.72. The molecule has 4 atom stereocenters. The Balaban J connectivity index is 1.63. The third kappa shape index (κ3) is 9.87. The molecule has 4 rings (SSSR count). The van der Waals surface area contributed by atoms with Crippen molar-refractivity contribution in [3.05, 3.63) is 90.0 Å². The average molecular weight is 666 g/mol. The number of fused-ring (bicyclic) bond motifs is 1. The molecule has 3 aromatic carbocycles. The number of anilines is 1. The number of aliphatic hydroxyl groups is 1. The smallest absolute Gasteiger partial charge is 0.258 e. The number of carbonyl (C=O) groups is 2. The van der Waals surface area contributed by atoms with Crippen LogP contribution in [-0.4, -0.2) is 86.1 Å². The Morgan fingerprint density at radius 2 is 1.72 bits per heavy atom. The van der Waals surface area contributed by atoms with Crippen LogP contribution in [0.5, 0.6) is 5.75 Å². The Morgan fingerprint density at radius 3 is 2.40 bits per heavy atom. The topological polar surface area (TPSA) is 125 Å². The Morgan fingerprint density at radius 1 is 1.04 bits per heavy atom. The summed E-state index contributed by atoms with van der Waals surface area (Å²) in [5.74, 6) is -0.505. The molecule has 0 fully saturated rings. The van der Waals surface area contributed by atoms with E-state index in [1.165, 1.54) is 11.4 Å². The molecule has 1 aliphatic rings. The Labute approximate surface area is 278 Å². The van der Waals surface area contributed by atoms with Crippen molar-refractivity contribution in [2.75, 3.05) is 38.7 Å². The molecule has 0 saturated carbocycles. The minimum absolute atomic E-state index is 0.0849. The molecule has 0 aromatic heterocycles. The maximum atomic E-state index is 14.3. The largest absolute Gasteiger partial charge is 0.490 e. The van der Waals surface area contributed by atoms with Crippen molar-refractivity contribution in [1.82, 2.24) is 9.21 Å². The first kappa shape index (κ1) is 36.1. The molecule has 0 spiro atoms. The van der Waals surface area contributed by atoms with Crippen molar-refractivity contribution >= 4 is 27.5 Å².